The van der Waals surface area contributed by atoms with E-state index in [0.29, 0.717) is 21.0 Å². The highest BCUT2D eigenvalue weighted by Gasteiger charge is 2.31. The number of nitrogens with zero attached hydrogens (tertiary/aromatic N) is 2. The van der Waals surface area contributed by atoms with Crippen molar-refractivity contribution >= 4 is 56.3 Å². The second-order valence-corrected chi connectivity index (χ2v) is 8.42. The Hall–Kier alpha value is -3.31. The maximum atomic E-state index is 13.4. The van der Waals surface area contributed by atoms with Gasteiger partial charge in [0.15, 0.2) is 5.78 Å². The number of carbonyl (C=O) groups is 2. The topological polar surface area (TPSA) is 84.0 Å². The van der Waals surface area contributed by atoms with Crippen molar-refractivity contribution in [2.75, 3.05) is 10.6 Å². The number of Topliss-reactive ketones (excluding diaryl/α,β-unsaturated/α-hetero) is 1. The summed E-state index contributed by atoms with van der Waals surface area (Å²) in [6, 6.07) is 10.7. The first-order chi connectivity index (χ1) is 14.7. The van der Waals surface area contributed by atoms with Crippen LogP contribution in [0, 0.1) is 0 Å². The van der Waals surface area contributed by atoms with Gasteiger partial charge in [-0.25, -0.2) is 4.79 Å². The van der Waals surface area contributed by atoms with Crippen LogP contribution in [0.2, 0.25) is 0 Å². The molecule has 11 heteroatoms. The quantitative estimate of drug-likeness (QED) is 0.349. The Bertz CT molecular complexity index is 1300. The van der Waals surface area contributed by atoms with Crippen LogP contribution in [0.25, 0.3) is 20.7 Å². The predicted molar refractivity (Wildman–Crippen MR) is 115 cm³/mol. The first-order valence-corrected chi connectivity index (χ1v) is 10.4. The smallest absolute Gasteiger partial charge is 0.308 e. The summed E-state index contributed by atoms with van der Waals surface area (Å²) in [5, 5.41) is 8.93. The van der Waals surface area contributed by atoms with Crippen LogP contribution < -0.4 is 10.6 Å². The van der Waals surface area contributed by atoms with Gasteiger partial charge in [0.25, 0.3) is 0 Å². The van der Waals surface area contributed by atoms with E-state index in [2.05, 4.69) is 20.2 Å². The van der Waals surface area contributed by atoms with Gasteiger partial charge in [-0.05, 0) is 72.6 Å². The number of ketones is 1. The van der Waals surface area contributed by atoms with E-state index in [0.717, 1.165) is 39.7 Å². The Morgan fingerprint density at radius 1 is 0.968 bits per heavy atom. The molecule has 0 radical (unpaired) electrons. The number of urea groups is 1. The Labute approximate surface area is 181 Å². The van der Waals surface area contributed by atoms with Crippen LogP contribution in [0.3, 0.4) is 0 Å². The van der Waals surface area contributed by atoms with Crippen LogP contribution in [0.5, 0.6) is 0 Å². The van der Waals surface area contributed by atoms with E-state index in [1.165, 1.54) is 13.0 Å². The second kappa shape index (κ2) is 8.08. The van der Waals surface area contributed by atoms with Crippen LogP contribution in [0.4, 0.5) is 29.3 Å². The number of amides is 2. The van der Waals surface area contributed by atoms with E-state index in [1.54, 1.807) is 30.3 Å². The third-order valence-corrected chi connectivity index (χ3v) is 6.18. The number of nitrogens with one attached hydrogen (secondary N) is 2. The molecule has 0 aliphatic carbocycles. The largest absolute Gasteiger partial charge is 0.416 e. The molecule has 0 spiro atoms. The number of carbonyl (C=O) groups excluding carboxylic acids is 2. The highest BCUT2D eigenvalue weighted by Crippen LogP contribution is 2.37. The number of hydrogen-bond acceptors (Lipinski definition) is 6. The van der Waals surface area contributed by atoms with Gasteiger partial charge < -0.3 is 10.6 Å². The molecule has 0 aliphatic rings. The van der Waals surface area contributed by atoms with Crippen molar-refractivity contribution < 1.29 is 22.8 Å². The molecule has 4 rings (SSSR count). The van der Waals surface area contributed by atoms with Gasteiger partial charge in [0, 0.05) is 16.3 Å². The molecule has 31 heavy (non-hydrogen) atoms. The van der Waals surface area contributed by atoms with Gasteiger partial charge >= 0.3 is 12.2 Å². The van der Waals surface area contributed by atoms with Gasteiger partial charge in [0.05, 0.1) is 15.1 Å². The first-order valence-electron chi connectivity index (χ1n) is 8.82. The summed E-state index contributed by atoms with van der Waals surface area (Å²) in [6.07, 6.45) is -4.60. The molecule has 0 saturated heterocycles. The minimum atomic E-state index is -4.60. The SMILES string of the molecule is CC(=O)c1ccc(-c2cc(NC(=O)Nc3ccc4nnsc4c3)cc(C(F)(F)F)c2)s1. The lowest BCUT2D eigenvalue weighted by Crippen LogP contribution is -2.20. The standard InChI is InChI=1S/C20H13F3N4O2S2/c1-10(28)16-4-5-17(30-16)11-6-12(20(21,22)23)8-14(7-11)25-19(29)24-13-2-3-15-18(9-13)31-27-26-15/h2-9H,1H3,(H2,24,25,29). The van der Waals surface area contributed by atoms with E-state index in [4.69, 9.17) is 0 Å². The van der Waals surface area contributed by atoms with Crippen molar-refractivity contribution in [3.05, 3.63) is 59.0 Å². The van der Waals surface area contributed by atoms with Crippen LogP contribution in [-0.4, -0.2) is 21.4 Å². The summed E-state index contributed by atoms with van der Waals surface area (Å²) in [6.45, 7) is 1.39. The van der Waals surface area contributed by atoms with Crippen molar-refractivity contribution in [2.45, 2.75) is 13.1 Å². The number of fused-ring (bicyclic) bond motifs is 1. The molecule has 0 saturated carbocycles. The lowest BCUT2D eigenvalue weighted by Gasteiger charge is -2.13. The molecule has 158 valence electrons. The fourth-order valence-electron chi connectivity index (χ4n) is 2.84. The Kier molecular flexibility index (Phi) is 5.46. The predicted octanol–water partition coefficient (Wildman–Crippen LogP) is 6.29. The number of alkyl halides is 3. The second-order valence-electron chi connectivity index (χ2n) is 6.55. The fourth-order valence-corrected chi connectivity index (χ4v) is 4.32. The van der Waals surface area contributed by atoms with Crippen LogP contribution in [0.1, 0.15) is 22.2 Å². The summed E-state index contributed by atoms with van der Waals surface area (Å²) >= 11 is 2.25. The lowest BCUT2D eigenvalue weighted by molar-refractivity contribution is -0.137. The van der Waals surface area contributed by atoms with E-state index >= 15 is 0 Å². The molecule has 2 heterocycles. The number of rotatable bonds is 4. The van der Waals surface area contributed by atoms with Crippen molar-refractivity contribution in [1.82, 2.24) is 9.59 Å². The van der Waals surface area contributed by atoms with Crippen LogP contribution in [0.15, 0.2) is 48.5 Å². The van der Waals surface area contributed by atoms with Gasteiger partial charge in [0.2, 0.25) is 0 Å². The molecule has 0 unspecified atom stereocenters. The minimum absolute atomic E-state index is 0.0272. The summed E-state index contributed by atoms with van der Waals surface area (Å²) in [4.78, 5) is 24.8. The van der Waals surface area contributed by atoms with Gasteiger partial charge in [-0.3, -0.25) is 4.79 Å². The Morgan fingerprint density at radius 2 is 1.74 bits per heavy atom. The molecular weight excluding hydrogens is 449 g/mol. The van der Waals surface area contributed by atoms with Gasteiger partial charge in [0.1, 0.15) is 5.52 Å². The van der Waals surface area contributed by atoms with E-state index in [1.807, 2.05) is 0 Å². The van der Waals surface area contributed by atoms with Crippen LogP contribution >= 0.6 is 22.9 Å². The summed E-state index contributed by atoms with van der Waals surface area (Å²) < 4.78 is 44.8. The number of hydrogen-bond donors (Lipinski definition) is 2. The van der Waals surface area contributed by atoms with Crippen molar-refractivity contribution in [3.8, 4) is 10.4 Å². The summed E-state index contributed by atoms with van der Waals surface area (Å²) in [5.74, 6) is -0.172. The number of benzene rings is 2. The number of aromatic nitrogens is 2. The third kappa shape index (κ3) is 4.72. The number of thiophene rings is 1. The van der Waals surface area contributed by atoms with Crippen LogP contribution in [-0.2, 0) is 6.18 Å². The summed E-state index contributed by atoms with van der Waals surface area (Å²) in [7, 11) is 0. The zero-order chi connectivity index (χ0) is 22.2. The van der Waals surface area contributed by atoms with Crippen molar-refractivity contribution in [3.63, 3.8) is 0 Å². The summed E-state index contributed by atoms with van der Waals surface area (Å²) in [5.41, 5.74) is 0.447. The molecule has 6 nitrogen and oxygen atoms in total. The highest BCUT2D eigenvalue weighted by atomic mass is 32.1. The molecule has 2 amide bonds. The monoisotopic (exact) mass is 462 g/mol. The van der Waals surface area contributed by atoms with Gasteiger partial charge in [-0.1, -0.05) is 4.49 Å². The number of anilines is 2. The van der Waals surface area contributed by atoms with Gasteiger partial charge in [-0.15, -0.1) is 16.4 Å². The average molecular weight is 462 g/mol. The Morgan fingerprint density at radius 3 is 2.45 bits per heavy atom. The maximum Gasteiger partial charge on any atom is 0.416 e. The van der Waals surface area contributed by atoms with Crippen molar-refractivity contribution in [2.24, 2.45) is 0 Å². The molecule has 0 bridgehead atoms. The molecule has 0 fully saturated rings. The number of halogens is 3. The van der Waals surface area contributed by atoms with E-state index < -0.39 is 17.8 Å². The van der Waals surface area contributed by atoms with E-state index in [-0.39, 0.29) is 17.0 Å². The molecule has 4 aromatic rings. The molecule has 2 N–H and O–H groups in total. The molecular formula is C20H13F3N4O2S2. The molecule has 0 aliphatic heterocycles. The normalized spacial score (nSPS) is 11.5. The molecule has 2 aromatic heterocycles. The van der Waals surface area contributed by atoms with Crippen molar-refractivity contribution in [1.29, 1.82) is 0 Å². The third-order valence-electron chi connectivity index (χ3n) is 4.26. The van der Waals surface area contributed by atoms with E-state index in [9.17, 15) is 22.8 Å². The molecule has 2 aromatic carbocycles. The van der Waals surface area contributed by atoms with Gasteiger partial charge in [-0.2, -0.15) is 13.2 Å². The maximum absolute atomic E-state index is 13.4. The average Bonchev–Trinajstić information content (AvgIpc) is 3.36. The highest BCUT2D eigenvalue weighted by molar-refractivity contribution is 7.17. The first kappa shape index (κ1) is 20.9. The fraction of sp³-hybridized carbons (Fsp3) is 0.100. The Balaban J connectivity index is 1.61. The molecule has 0 atom stereocenters. The lowest BCUT2D eigenvalue weighted by atomic mass is 10.1. The zero-order valence-corrected chi connectivity index (χ0v) is 17.4. The zero-order valence-electron chi connectivity index (χ0n) is 15.8. The minimum Gasteiger partial charge on any atom is -0.308 e.